The molecule has 2 heterocycles. The molecule has 0 saturated carbocycles. The molecule has 6 rings (SSSR count). The highest BCUT2D eigenvalue weighted by atomic mass is 19.1. The molecule has 14 nitrogen and oxygen atoms in total. The predicted octanol–water partition coefficient (Wildman–Crippen LogP) is 0.490. The van der Waals surface area contributed by atoms with Crippen LogP contribution in [0.4, 0.5) is 4.39 Å². The topological polar surface area (TPSA) is 212 Å². The Balaban J connectivity index is 1.43. The number of hydroxylamine groups is 3. The maximum atomic E-state index is 14.8. The van der Waals surface area contributed by atoms with E-state index in [1.54, 1.807) is 0 Å². The van der Waals surface area contributed by atoms with E-state index in [4.69, 9.17) is 18.9 Å². The molecule has 4 aliphatic rings. The van der Waals surface area contributed by atoms with Crippen LogP contribution in [0.15, 0.2) is 18.2 Å². The zero-order chi connectivity index (χ0) is 33.3. The molecule has 2 aromatic carbocycles. The maximum Gasteiger partial charge on any atom is 0.207 e. The number of benzene rings is 2. The fraction of sp³-hybridized carbons (Fsp3) is 0.516. The van der Waals surface area contributed by atoms with Crippen LogP contribution in [-0.2, 0) is 30.2 Å². The number of halogens is 1. The van der Waals surface area contributed by atoms with E-state index in [0.717, 1.165) is 6.07 Å². The summed E-state index contributed by atoms with van der Waals surface area (Å²) in [6.45, 7) is 0.345. The number of aromatic hydroxyl groups is 2. The second-order valence-electron chi connectivity index (χ2n) is 12.2. The third kappa shape index (κ3) is 5.03. The van der Waals surface area contributed by atoms with Crippen LogP contribution in [0.25, 0.3) is 0 Å². The third-order valence-electron chi connectivity index (χ3n) is 9.60. The van der Waals surface area contributed by atoms with Crippen LogP contribution in [0.5, 0.6) is 11.5 Å². The lowest BCUT2D eigenvalue weighted by Gasteiger charge is -2.56. The fourth-order valence-corrected chi connectivity index (χ4v) is 7.16. The van der Waals surface area contributed by atoms with Gasteiger partial charge in [-0.25, -0.2) is 4.39 Å². The van der Waals surface area contributed by atoms with Gasteiger partial charge in [-0.05, 0) is 13.0 Å². The summed E-state index contributed by atoms with van der Waals surface area (Å²) in [5.41, 5.74) is -5.19. The Bertz CT molecular complexity index is 1620. The van der Waals surface area contributed by atoms with Gasteiger partial charge in [0.2, 0.25) is 12.1 Å². The Morgan fingerprint density at radius 3 is 2.57 bits per heavy atom. The fourth-order valence-electron chi connectivity index (χ4n) is 7.16. The lowest BCUT2D eigenvalue weighted by atomic mass is 9.72. The number of nitrogens with zero attached hydrogens (tertiary/aromatic N) is 1. The van der Waals surface area contributed by atoms with Gasteiger partial charge < -0.3 is 54.3 Å². The number of aliphatic hydroxyl groups is 3. The Morgan fingerprint density at radius 1 is 1.15 bits per heavy atom. The van der Waals surface area contributed by atoms with Gasteiger partial charge in [0.05, 0.1) is 41.9 Å². The van der Waals surface area contributed by atoms with E-state index in [1.165, 1.54) is 26.2 Å². The molecule has 0 spiro atoms. The number of ether oxygens (including phenoxy) is 4. The van der Waals surface area contributed by atoms with Crippen molar-refractivity contribution in [3.63, 3.8) is 0 Å². The lowest BCUT2D eigenvalue weighted by molar-refractivity contribution is -0.926. The summed E-state index contributed by atoms with van der Waals surface area (Å²) in [6.07, 6.45) is -7.27. The number of hydrogen-bond acceptors (Lipinski definition) is 13. The van der Waals surface area contributed by atoms with Gasteiger partial charge in [0.25, 0.3) is 0 Å². The number of carbonyl (C=O) groups excluding carboxylic acids is 3. The summed E-state index contributed by atoms with van der Waals surface area (Å²) in [5.74, 6) is -5.77. The van der Waals surface area contributed by atoms with Crippen molar-refractivity contribution in [3.8, 4) is 11.5 Å². The first-order valence-electron chi connectivity index (χ1n) is 14.8. The van der Waals surface area contributed by atoms with Crippen molar-refractivity contribution in [2.45, 2.75) is 68.7 Å². The minimum atomic E-state index is -2.36. The molecule has 0 radical (unpaired) electrons. The molecule has 2 saturated heterocycles. The number of carbonyl (C=O) groups is 3. The summed E-state index contributed by atoms with van der Waals surface area (Å²) in [6, 6.07) is 2.37. The molecule has 15 heteroatoms. The summed E-state index contributed by atoms with van der Waals surface area (Å²) in [5, 5.41) is 69.0. The minimum absolute atomic E-state index is 0.00693. The Kier molecular flexibility index (Phi) is 8.28. The van der Waals surface area contributed by atoms with Crippen LogP contribution in [0.2, 0.25) is 0 Å². The third-order valence-corrected chi connectivity index (χ3v) is 9.60. The van der Waals surface area contributed by atoms with Crippen molar-refractivity contribution in [1.29, 1.82) is 0 Å². The smallest absolute Gasteiger partial charge is 0.207 e. The zero-order valence-electron chi connectivity index (χ0n) is 25.0. The quantitative estimate of drug-likeness (QED) is 0.140. The summed E-state index contributed by atoms with van der Waals surface area (Å²) in [4.78, 5) is 39.8. The molecular formula is C31H34FNO13. The molecule has 0 bridgehead atoms. The number of methoxy groups -OCH3 is 1. The molecule has 2 aromatic rings. The Labute approximate surface area is 261 Å². The molecular weight excluding hydrogens is 613 g/mol. The number of morpholine rings is 1. The molecule has 5 N–H and O–H groups in total. The number of phenols is 2. The monoisotopic (exact) mass is 647 g/mol. The summed E-state index contributed by atoms with van der Waals surface area (Å²) < 4.78 is 36.6. The summed E-state index contributed by atoms with van der Waals surface area (Å²) >= 11 is 0. The van der Waals surface area contributed by atoms with E-state index in [2.05, 4.69) is 0 Å². The highest BCUT2D eigenvalue weighted by molar-refractivity contribution is 6.30. The van der Waals surface area contributed by atoms with E-state index in [0.29, 0.717) is 0 Å². The minimum Gasteiger partial charge on any atom is -0.632 e. The summed E-state index contributed by atoms with van der Waals surface area (Å²) in [7, 11) is 1.39. The first-order valence-corrected chi connectivity index (χ1v) is 14.8. The van der Waals surface area contributed by atoms with E-state index < -0.39 is 118 Å². The van der Waals surface area contributed by atoms with Gasteiger partial charge in [0.1, 0.15) is 54.8 Å². The largest absolute Gasteiger partial charge is 0.632 e. The average molecular weight is 648 g/mol. The van der Waals surface area contributed by atoms with Crippen molar-refractivity contribution in [2.24, 2.45) is 0 Å². The first kappa shape index (κ1) is 32.6. The van der Waals surface area contributed by atoms with E-state index in [1.807, 2.05) is 0 Å². The van der Waals surface area contributed by atoms with Crippen LogP contribution in [-0.4, -0.2) is 117 Å². The normalized spacial score (nSPS) is 34.1. The molecule has 2 aliphatic carbocycles. The lowest BCUT2D eigenvalue weighted by Crippen LogP contribution is -2.67. The maximum absolute atomic E-state index is 14.8. The van der Waals surface area contributed by atoms with Crippen molar-refractivity contribution in [1.82, 2.24) is 0 Å². The molecule has 8 atom stereocenters. The molecule has 0 aromatic heterocycles. The van der Waals surface area contributed by atoms with Crippen molar-refractivity contribution >= 4 is 17.3 Å². The number of ketones is 3. The van der Waals surface area contributed by atoms with Gasteiger partial charge in [0, 0.05) is 36.6 Å². The van der Waals surface area contributed by atoms with Gasteiger partial charge in [-0.2, -0.15) is 0 Å². The van der Waals surface area contributed by atoms with Gasteiger partial charge in [-0.1, -0.05) is 12.1 Å². The molecule has 248 valence electrons. The number of fused-ring (bicyclic) bond motifs is 3. The van der Waals surface area contributed by atoms with Crippen LogP contribution < -0.4 is 0 Å². The Hall–Kier alpha value is -3.38. The number of phenolic OH excluding ortho intramolecular Hbond substituents is 2. The van der Waals surface area contributed by atoms with Crippen LogP contribution in [0.1, 0.15) is 68.8 Å². The van der Waals surface area contributed by atoms with E-state index in [9.17, 15) is 49.5 Å². The first-order chi connectivity index (χ1) is 21.7. The molecule has 46 heavy (non-hydrogen) atoms. The average Bonchev–Trinajstić information content (AvgIpc) is 3.02. The predicted molar refractivity (Wildman–Crippen MR) is 151 cm³/mol. The van der Waals surface area contributed by atoms with Gasteiger partial charge in [-0.15, -0.1) is 0 Å². The van der Waals surface area contributed by atoms with Gasteiger partial charge >= 0.3 is 0 Å². The second kappa shape index (κ2) is 11.7. The molecule has 2 aliphatic heterocycles. The number of Topliss-reactive ketones (excluding diaryl/α,β-unsaturated/α-hetero) is 1. The molecule has 1 unspecified atom stereocenters. The highest BCUT2D eigenvalue weighted by Gasteiger charge is 2.52. The zero-order valence-corrected chi connectivity index (χ0v) is 25.0. The number of hydrogen-bond donors (Lipinski definition) is 5. The van der Waals surface area contributed by atoms with Crippen LogP contribution >= 0.6 is 0 Å². The number of aliphatic hydroxyl groups excluding tert-OH is 2. The highest BCUT2D eigenvalue weighted by Crippen LogP contribution is 2.52. The van der Waals surface area contributed by atoms with Crippen molar-refractivity contribution in [2.75, 3.05) is 33.4 Å². The standard InChI is InChI=1S/C31H34FNO13/c1-13-26(36)17(33(42)6-7-44-21(11-33)43-2)8-20(45-13)46-18-10-31(41,19(35)12-34)9-15-23(18)30(40)25-24(28(15)38)27(37)14-4-3-5-16(32)22(14)29(25)39/h3-5,13,17-18,20-21,26,34,36,38,40-41H,6-12H2,1-2H3/t13-,17-,18-,20-,21-,26+,31-,33?/m0/s1. The second-order valence-corrected chi connectivity index (χ2v) is 12.2. The van der Waals surface area contributed by atoms with Gasteiger partial charge in [-0.3, -0.25) is 14.4 Å². The number of rotatable bonds is 6. The SMILES string of the molecule is CO[C@@H]1C[N+]([O-])([C@H]2C[C@H](O[C@H]3C[C@](O)(C(=O)CO)Cc4c(O)c5c(c(O)c43)C(=O)c3c(F)cccc3C5=O)O[C@@H](C)[C@H]2O)CCO1. The van der Waals surface area contributed by atoms with Gasteiger partial charge in [0.15, 0.2) is 17.9 Å². The van der Waals surface area contributed by atoms with Crippen molar-refractivity contribution < 1.29 is 67.9 Å². The molecule has 0 amide bonds. The number of quaternary nitrogens is 1. The van der Waals surface area contributed by atoms with Crippen LogP contribution in [0.3, 0.4) is 0 Å². The van der Waals surface area contributed by atoms with Crippen molar-refractivity contribution in [3.05, 3.63) is 62.6 Å². The van der Waals surface area contributed by atoms with E-state index in [-0.39, 0.29) is 42.8 Å². The molecule has 2 fully saturated rings. The Morgan fingerprint density at radius 2 is 1.87 bits per heavy atom. The van der Waals surface area contributed by atoms with E-state index >= 15 is 0 Å². The van der Waals surface area contributed by atoms with Crippen LogP contribution in [0, 0.1) is 11.0 Å².